The molecule has 1 unspecified atom stereocenters. The molecule has 1 aliphatic rings. The van der Waals surface area contributed by atoms with Crippen LogP contribution in [0.4, 0.5) is 5.69 Å². The third-order valence-electron chi connectivity index (χ3n) is 4.16. The van der Waals surface area contributed by atoms with Gasteiger partial charge in [0.15, 0.2) is 0 Å². The van der Waals surface area contributed by atoms with Gasteiger partial charge in [-0.05, 0) is 38.7 Å². The number of carbonyl (C=O) groups is 1. The monoisotopic (exact) mass is 276 g/mol. The minimum absolute atomic E-state index is 0.108. The van der Waals surface area contributed by atoms with Gasteiger partial charge in [0.25, 0.3) is 5.91 Å². The lowest BCUT2D eigenvalue weighted by Gasteiger charge is -2.28. The van der Waals surface area contributed by atoms with E-state index in [1.807, 2.05) is 6.92 Å². The van der Waals surface area contributed by atoms with Crippen LogP contribution in [0.5, 0.6) is 0 Å². The lowest BCUT2D eigenvalue weighted by Crippen LogP contribution is -2.39. The zero-order chi connectivity index (χ0) is 14.5. The quantitative estimate of drug-likeness (QED) is 0.582. The summed E-state index contributed by atoms with van der Waals surface area (Å²) in [6, 6.07) is 1.97. The number of amides is 1. The Labute approximate surface area is 120 Å². The normalized spacial score (nSPS) is 17.6. The van der Waals surface area contributed by atoms with E-state index in [9.17, 15) is 4.79 Å². The van der Waals surface area contributed by atoms with Crippen LogP contribution in [-0.2, 0) is 0 Å². The molecule has 110 valence electrons. The average molecular weight is 276 g/mol. The summed E-state index contributed by atoms with van der Waals surface area (Å²) in [5.74, 6) is 5.95. The summed E-state index contributed by atoms with van der Waals surface area (Å²) in [5, 5.41) is 3.09. The first kappa shape index (κ1) is 14.8. The molecule has 0 saturated heterocycles. The van der Waals surface area contributed by atoms with Crippen molar-refractivity contribution in [3.8, 4) is 0 Å². The van der Waals surface area contributed by atoms with Crippen LogP contribution >= 0.6 is 0 Å². The largest absolute Gasteiger partial charge is 0.349 e. The molecule has 1 aromatic heterocycles. The van der Waals surface area contributed by atoms with E-state index in [1.54, 1.807) is 12.3 Å². The molecular weight excluding hydrogens is 252 g/mol. The molecule has 0 aliphatic heterocycles. The summed E-state index contributed by atoms with van der Waals surface area (Å²) in [4.78, 5) is 16.5. The van der Waals surface area contributed by atoms with E-state index >= 15 is 0 Å². The van der Waals surface area contributed by atoms with Crippen LogP contribution in [0.3, 0.4) is 0 Å². The predicted molar refractivity (Wildman–Crippen MR) is 80.3 cm³/mol. The maximum absolute atomic E-state index is 12.3. The van der Waals surface area contributed by atoms with Gasteiger partial charge >= 0.3 is 0 Å². The average Bonchev–Trinajstić information content (AvgIpc) is 2.47. The number of hydrazine groups is 1. The first-order valence-electron chi connectivity index (χ1n) is 7.36. The van der Waals surface area contributed by atoms with Crippen LogP contribution in [0.15, 0.2) is 12.3 Å². The zero-order valence-electron chi connectivity index (χ0n) is 12.3. The van der Waals surface area contributed by atoms with Gasteiger partial charge in [-0.3, -0.25) is 15.6 Å². The summed E-state index contributed by atoms with van der Waals surface area (Å²) in [5.41, 5.74) is 4.52. The number of hydrogen-bond acceptors (Lipinski definition) is 4. The number of nitrogens with one attached hydrogen (secondary N) is 2. The lowest BCUT2D eigenvalue weighted by molar-refractivity contribution is 0.0919. The van der Waals surface area contributed by atoms with E-state index in [0.717, 1.165) is 5.69 Å². The van der Waals surface area contributed by atoms with Crippen LogP contribution < -0.4 is 16.6 Å². The SMILES string of the molecule is Cc1cc(NN)c(C(=O)NC(C)C2CCCCC2)cn1. The minimum Gasteiger partial charge on any atom is -0.349 e. The minimum atomic E-state index is -0.108. The maximum Gasteiger partial charge on any atom is 0.255 e. The molecule has 2 rings (SSSR count). The van der Waals surface area contributed by atoms with Gasteiger partial charge in [-0.1, -0.05) is 19.3 Å². The number of hydrogen-bond donors (Lipinski definition) is 3. The Kier molecular flexibility index (Phi) is 4.95. The van der Waals surface area contributed by atoms with Gasteiger partial charge in [-0.25, -0.2) is 0 Å². The Hall–Kier alpha value is -1.62. The van der Waals surface area contributed by atoms with Gasteiger partial charge in [-0.15, -0.1) is 0 Å². The van der Waals surface area contributed by atoms with Crippen molar-refractivity contribution in [3.63, 3.8) is 0 Å². The molecule has 1 saturated carbocycles. The molecule has 1 aliphatic carbocycles. The molecule has 5 heteroatoms. The van der Waals surface area contributed by atoms with Crippen molar-refractivity contribution in [1.82, 2.24) is 10.3 Å². The fourth-order valence-electron chi connectivity index (χ4n) is 2.90. The zero-order valence-corrected chi connectivity index (χ0v) is 12.3. The molecule has 4 N–H and O–H groups in total. The van der Waals surface area contributed by atoms with E-state index in [1.165, 1.54) is 32.1 Å². The van der Waals surface area contributed by atoms with E-state index in [2.05, 4.69) is 22.7 Å². The van der Waals surface area contributed by atoms with Crippen molar-refractivity contribution in [2.75, 3.05) is 5.43 Å². The summed E-state index contributed by atoms with van der Waals surface area (Å²) < 4.78 is 0. The van der Waals surface area contributed by atoms with Crippen molar-refractivity contribution in [2.45, 2.75) is 52.0 Å². The van der Waals surface area contributed by atoms with Crippen LogP contribution in [-0.4, -0.2) is 16.9 Å². The van der Waals surface area contributed by atoms with Crippen LogP contribution in [0.2, 0.25) is 0 Å². The second-order valence-electron chi connectivity index (χ2n) is 5.68. The molecule has 1 amide bonds. The number of nitrogens with two attached hydrogens (primary N) is 1. The third kappa shape index (κ3) is 3.48. The summed E-state index contributed by atoms with van der Waals surface area (Å²) >= 11 is 0. The van der Waals surface area contributed by atoms with Gasteiger partial charge < -0.3 is 10.7 Å². The van der Waals surface area contributed by atoms with Gasteiger partial charge in [0.2, 0.25) is 0 Å². The summed E-state index contributed by atoms with van der Waals surface area (Å²) in [6.07, 6.45) is 7.85. The Morgan fingerprint density at radius 2 is 2.10 bits per heavy atom. The Balaban J connectivity index is 2.03. The second kappa shape index (κ2) is 6.70. The predicted octanol–water partition coefficient (Wildman–Crippen LogP) is 2.37. The van der Waals surface area contributed by atoms with E-state index < -0.39 is 0 Å². The molecule has 20 heavy (non-hydrogen) atoms. The second-order valence-corrected chi connectivity index (χ2v) is 5.68. The van der Waals surface area contributed by atoms with Gasteiger partial charge in [0, 0.05) is 17.9 Å². The highest BCUT2D eigenvalue weighted by atomic mass is 16.1. The molecule has 1 aromatic rings. The van der Waals surface area contributed by atoms with Crippen LogP contribution in [0, 0.1) is 12.8 Å². The van der Waals surface area contributed by atoms with Crippen molar-refractivity contribution < 1.29 is 4.79 Å². The van der Waals surface area contributed by atoms with Gasteiger partial charge in [-0.2, -0.15) is 0 Å². The first-order valence-corrected chi connectivity index (χ1v) is 7.36. The Morgan fingerprint density at radius 3 is 2.75 bits per heavy atom. The topological polar surface area (TPSA) is 80.0 Å². The van der Waals surface area contributed by atoms with Gasteiger partial charge in [0.1, 0.15) is 0 Å². The molecule has 0 bridgehead atoms. The fraction of sp³-hybridized carbons (Fsp3) is 0.600. The van der Waals surface area contributed by atoms with Crippen LogP contribution in [0.25, 0.3) is 0 Å². The number of pyridine rings is 1. The molecule has 5 nitrogen and oxygen atoms in total. The molecule has 0 radical (unpaired) electrons. The number of nitrogen functional groups attached to an aromatic ring is 1. The highest BCUT2D eigenvalue weighted by molar-refractivity contribution is 5.99. The maximum atomic E-state index is 12.3. The van der Waals surface area contributed by atoms with E-state index in [-0.39, 0.29) is 11.9 Å². The molecule has 0 spiro atoms. The van der Waals surface area contributed by atoms with Crippen molar-refractivity contribution in [2.24, 2.45) is 11.8 Å². The number of aromatic nitrogens is 1. The van der Waals surface area contributed by atoms with Crippen LogP contribution in [0.1, 0.15) is 55.1 Å². The van der Waals surface area contributed by atoms with Gasteiger partial charge in [0.05, 0.1) is 11.3 Å². The molecule has 0 aromatic carbocycles. The van der Waals surface area contributed by atoms with Crippen molar-refractivity contribution in [1.29, 1.82) is 0 Å². The highest BCUT2D eigenvalue weighted by Gasteiger charge is 2.22. The Bertz CT molecular complexity index is 469. The van der Waals surface area contributed by atoms with Crippen molar-refractivity contribution in [3.05, 3.63) is 23.5 Å². The third-order valence-corrected chi connectivity index (χ3v) is 4.16. The molecule has 1 heterocycles. The number of rotatable bonds is 4. The molecule has 1 fully saturated rings. The highest BCUT2D eigenvalue weighted by Crippen LogP contribution is 2.26. The van der Waals surface area contributed by atoms with E-state index in [0.29, 0.717) is 17.2 Å². The van der Waals surface area contributed by atoms with Crippen molar-refractivity contribution >= 4 is 11.6 Å². The lowest BCUT2D eigenvalue weighted by atomic mass is 9.84. The number of nitrogens with zero attached hydrogens (tertiary/aromatic N) is 1. The smallest absolute Gasteiger partial charge is 0.255 e. The molecular formula is C15H24N4O. The standard InChI is InChI=1S/C15H24N4O/c1-10-8-14(19-16)13(9-17-10)15(20)18-11(2)12-6-4-3-5-7-12/h8-9,11-12H,3-7,16H2,1-2H3,(H,17,19)(H,18,20). The molecule has 1 atom stereocenters. The Morgan fingerprint density at radius 1 is 1.40 bits per heavy atom. The van der Waals surface area contributed by atoms with E-state index in [4.69, 9.17) is 5.84 Å². The first-order chi connectivity index (χ1) is 9.61. The summed E-state index contributed by atoms with van der Waals surface area (Å²) in [6.45, 7) is 3.96. The fourth-order valence-corrected chi connectivity index (χ4v) is 2.90. The summed E-state index contributed by atoms with van der Waals surface area (Å²) in [7, 11) is 0. The number of carbonyl (C=O) groups excluding carboxylic acids is 1. The number of aryl methyl sites for hydroxylation is 1. The number of anilines is 1.